The van der Waals surface area contributed by atoms with Crippen molar-refractivity contribution >= 4 is 39.2 Å². The van der Waals surface area contributed by atoms with Crippen LogP contribution in [0.15, 0.2) is 60.7 Å². The van der Waals surface area contributed by atoms with Gasteiger partial charge in [0.2, 0.25) is 5.91 Å². The van der Waals surface area contributed by atoms with Crippen molar-refractivity contribution in [3.05, 3.63) is 65.7 Å². The first-order chi connectivity index (χ1) is 12.8. The molecule has 1 aromatic heterocycles. The third kappa shape index (κ3) is 4.92. The highest BCUT2D eigenvalue weighted by Gasteiger charge is 2.04. The van der Waals surface area contributed by atoms with Gasteiger partial charge in [-0.25, -0.2) is 4.98 Å². The van der Waals surface area contributed by atoms with Crippen LogP contribution in [0.2, 0.25) is 0 Å². The zero-order valence-electron chi connectivity index (χ0n) is 14.9. The zero-order valence-corrected chi connectivity index (χ0v) is 15.7. The third-order valence-electron chi connectivity index (χ3n) is 4.09. The van der Waals surface area contributed by atoms with Crippen molar-refractivity contribution in [1.82, 2.24) is 10.3 Å². The Kier molecular flexibility index (Phi) is 6.39. The molecule has 0 saturated carbocycles. The molecule has 0 aliphatic heterocycles. The number of anilines is 1. The fourth-order valence-electron chi connectivity index (χ4n) is 2.76. The summed E-state index contributed by atoms with van der Waals surface area (Å²) in [4.78, 5) is 18.8. The van der Waals surface area contributed by atoms with Crippen LogP contribution in [0.25, 0.3) is 16.3 Å². The molecular formula is C21H23N3OS. The molecule has 1 amide bonds. The molecule has 4 nitrogen and oxygen atoms in total. The first-order valence-corrected chi connectivity index (χ1v) is 9.69. The Bertz CT molecular complexity index is 840. The number of para-hydroxylation sites is 2. The monoisotopic (exact) mass is 365 g/mol. The number of thiazole rings is 1. The number of nitrogens with zero attached hydrogens (tertiary/aromatic N) is 2. The standard InChI is InChI=1S/C21H23N3OS/c1-2-24(17-9-4-3-5-10-17)16-8-15-22-20(25)13-14-21-23-18-11-6-7-12-19(18)26-21/h3-7,9-14H,2,8,15-16H2,1H3,(H,22,25)/b14-13+. The minimum absolute atomic E-state index is 0.0768. The van der Waals surface area contributed by atoms with Crippen LogP contribution in [0, 0.1) is 0 Å². The normalized spacial score (nSPS) is 11.1. The van der Waals surface area contributed by atoms with Crippen LogP contribution >= 0.6 is 11.3 Å². The molecule has 0 unspecified atom stereocenters. The molecule has 5 heteroatoms. The van der Waals surface area contributed by atoms with Crippen molar-refractivity contribution in [2.45, 2.75) is 13.3 Å². The van der Waals surface area contributed by atoms with Gasteiger partial charge in [-0.2, -0.15) is 0 Å². The molecule has 2 aromatic carbocycles. The minimum Gasteiger partial charge on any atom is -0.372 e. The third-order valence-corrected chi connectivity index (χ3v) is 5.10. The van der Waals surface area contributed by atoms with E-state index in [1.54, 1.807) is 23.5 Å². The second-order valence-corrected chi connectivity index (χ2v) is 6.98. The fourth-order valence-corrected chi connectivity index (χ4v) is 3.63. The molecular weight excluding hydrogens is 342 g/mol. The predicted molar refractivity (Wildman–Crippen MR) is 111 cm³/mol. The van der Waals surface area contributed by atoms with Crippen LogP contribution in [0.5, 0.6) is 0 Å². The summed E-state index contributed by atoms with van der Waals surface area (Å²) in [5.41, 5.74) is 2.19. The lowest BCUT2D eigenvalue weighted by atomic mass is 10.2. The zero-order chi connectivity index (χ0) is 18.2. The van der Waals surface area contributed by atoms with E-state index in [0.717, 1.165) is 34.7 Å². The van der Waals surface area contributed by atoms with Gasteiger partial charge in [0.25, 0.3) is 0 Å². The van der Waals surface area contributed by atoms with Crippen molar-refractivity contribution in [3.8, 4) is 0 Å². The number of aromatic nitrogens is 1. The van der Waals surface area contributed by atoms with E-state index in [4.69, 9.17) is 0 Å². The molecule has 0 aliphatic carbocycles. The molecule has 0 bridgehead atoms. The summed E-state index contributed by atoms with van der Waals surface area (Å²) in [6, 6.07) is 18.3. The maximum absolute atomic E-state index is 12.0. The van der Waals surface area contributed by atoms with Crippen LogP contribution < -0.4 is 10.2 Å². The lowest BCUT2D eigenvalue weighted by Crippen LogP contribution is -2.29. The number of amides is 1. The number of rotatable bonds is 8. The number of fused-ring (bicyclic) bond motifs is 1. The van der Waals surface area contributed by atoms with Gasteiger partial charge in [-0.1, -0.05) is 30.3 Å². The van der Waals surface area contributed by atoms with E-state index in [0.29, 0.717) is 6.54 Å². The highest BCUT2D eigenvalue weighted by molar-refractivity contribution is 7.19. The Balaban J connectivity index is 1.43. The summed E-state index contributed by atoms with van der Waals surface area (Å²) in [5.74, 6) is -0.0768. The van der Waals surface area contributed by atoms with Crippen LogP contribution in [0.3, 0.4) is 0 Å². The van der Waals surface area contributed by atoms with Gasteiger partial charge in [0.15, 0.2) is 0 Å². The number of hydrogen-bond acceptors (Lipinski definition) is 4. The van der Waals surface area contributed by atoms with Crippen molar-refractivity contribution in [3.63, 3.8) is 0 Å². The first-order valence-electron chi connectivity index (χ1n) is 8.88. The van der Waals surface area contributed by atoms with Gasteiger partial charge in [-0.05, 0) is 43.7 Å². The van der Waals surface area contributed by atoms with E-state index in [1.807, 2.05) is 42.5 Å². The van der Waals surface area contributed by atoms with Crippen LogP contribution in [-0.2, 0) is 4.79 Å². The van der Waals surface area contributed by atoms with Crippen molar-refractivity contribution < 1.29 is 4.79 Å². The summed E-state index contributed by atoms with van der Waals surface area (Å²) < 4.78 is 1.13. The molecule has 0 atom stereocenters. The average Bonchev–Trinajstić information content (AvgIpc) is 3.10. The van der Waals surface area contributed by atoms with Crippen LogP contribution in [0.1, 0.15) is 18.4 Å². The largest absolute Gasteiger partial charge is 0.372 e. The molecule has 0 saturated heterocycles. The second-order valence-electron chi connectivity index (χ2n) is 5.91. The van der Waals surface area contributed by atoms with Gasteiger partial charge in [-0.3, -0.25) is 4.79 Å². The SMILES string of the molecule is CCN(CCCNC(=O)/C=C/c1nc2ccccc2s1)c1ccccc1. The highest BCUT2D eigenvalue weighted by atomic mass is 32.1. The van der Waals surface area contributed by atoms with Gasteiger partial charge in [0.05, 0.1) is 10.2 Å². The molecule has 0 aliphatic rings. The highest BCUT2D eigenvalue weighted by Crippen LogP contribution is 2.22. The van der Waals surface area contributed by atoms with E-state index in [2.05, 4.69) is 34.3 Å². The first kappa shape index (κ1) is 18.1. The summed E-state index contributed by atoms with van der Waals surface area (Å²) in [6.45, 7) is 4.68. The Hall–Kier alpha value is -2.66. The average molecular weight is 366 g/mol. The smallest absolute Gasteiger partial charge is 0.244 e. The van der Waals surface area contributed by atoms with E-state index < -0.39 is 0 Å². The second kappa shape index (κ2) is 9.15. The fraction of sp³-hybridized carbons (Fsp3) is 0.238. The van der Waals surface area contributed by atoms with E-state index >= 15 is 0 Å². The maximum Gasteiger partial charge on any atom is 0.244 e. The van der Waals surface area contributed by atoms with Crippen LogP contribution in [-0.4, -0.2) is 30.5 Å². The maximum atomic E-state index is 12.0. The Morgan fingerprint density at radius 1 is 1.15 bits per heavy atom. The quantitative estimate of drug-likeness (QED) is 0.477. The van der Waals surface area contributed by atoms with E-state index in [-0.39, 0.29) is 5.91 Å². The van der Waals surface area contributed by atoms with Crippen molar-refractivity contribution in [2.24, 2.45) is 0 Å². The van der Waals surface area contributed by atoms with Crippen molar-refractivity contribution in [2.75, 3.05) is 24.5 Å². The van der Waals surface area contributed by atoms with Crippen LogP contribution in [0.4, 0.5) is 5.69 Å². The summed E-state index contributed by atoms with van der Waals surface area (Å²) in [7, 11) is 0. The van der Waals surface area contributed by atoms with Crippen molar-refractivity contribution in [1.29, 1.82) is 0 Å². The van der Waals surface area contributed by atoms with Gasteiger partial charge < -0.3 is 10.2 Å². The van der Waals surface area contributed by atoms with Gasteiger partial charge in [-0.15, -0.1) is 11.3 Å². The Morgan fingerprint density at radius 2 is 1.92 bits per heavy atom. The van der Waals surface area contributed by atoms with Gasteiger partial charge in [0.1, 0.15) is 5.01 Å². The van der Waals surface area contributed by atoms with Gasteiger partial charge in [0, 0.05) is 31.4 Å². The molecule has 1 N–H and O–H groups in total. The summed E-state index contributed by atoms with van der Waals surface area (Å²) in [5, 5.41) is 3.79. The molecule has 0 radical (unpaired) electrons. The molecule has 0 spiro atoms. The molecule has 3 aromatic rings. The number of nitrogens with one attached hydrogen (secondary N) is 1. The van der Waals surface area contributed by atoms with E-state index in [1.165, 1.54) is 5.69 Å². The molecule has 134 valence electrons. The van der Waals surface area contributed by atoms with Gasteiger partial charge >= 0.3 is 0 Å². The van der Waals surface area contributed by atoms with E-state index in [9.17, 15) is 4.79 Å². The number of hydrogen-bond donors (Lipinski definition) is 1. The molecule has 1 heterocycles. The Labute approximate surface area is 158 Å². The summed E-state index contributed by atoms with van der Waals surface area (Å²) >= 11 is 1.59. The molecule has 26 heavy (non-hydrogen) atoms. The Morgan fingerprint density at radius 3 is 2.69 bits per heavy atom. The number of carbonyl (C=O) groups is 1. The number of benzene rings is 2. The predicted octanol–water partition coefficient (Wildman–Crippen LogP) is 4.34. The summed E-state index contributed by atoms with van der Waals surface area (Å²) in [6.07, 6.45) is 4.25. The number of carbonyl (C=O) groups excluding carboxylic acids is 1. The molecule has 0 fully saturated rings. The minimum atomic E-state index is -0.0768. The lowest BCUT2D eigenvalue weighted by molar-refractivity contribution is -0.116. The lowest BCUT2D eigenvalue weighted by Gasteiger charge is -2.23. The topological polar surface area (TPSA) is 45.2 Å². The molecule has 3 rings (SSSR count).